The number of ether oxygens (including phenoxy) is 1. The Morgan fingerprint density at radius 3 is 2.45 bits per heavy atom. The fourth-order valence-electron chi connectivity index (χ4n) is 1.54. The molecule has 2 N–H and O–H groups in total. The largest absolute Gasteiger partial charge is 0.497 e. The predicted molar refractivity (Wildman–Crippen MR) is 70.1 cm³/mol. The molecule has 22 heavy (non-hydrogen) atoms. The minimum atomic E-state index is -4.72. The standard InChI is InChI=1S/C12H14F3NO5S/c1-21-9-5-8(12(13,14)15)6-10(7-9)22(19,20)16-4-2-3-11(17)18/h5-7,16H,2-4H2,1H3,(H,17,18). The highest BCUT2D eigenvalue weighted by atomic mass is 32.2. The number of benzene rings is 1. The molecule has 0 spiro atoms. The second-order valence-electron chi connectivity index (χ2n) is 4.29. The molecule has 0 heterocycles. The van der Waals surface area contributed by atoms with Crippen LogP contribution in [0.2, 0.25) is 0 Å². The summed E-state index contributed by atoms with van der Waals surface area (Å²) in [6.07, 6.45) is -4.96. The van der Waals surface area contributed by atoms with Gasteiger partial charge >= 0.3 is 12.1 Å². The van der Waals surface area contributed by atoms with Crippen molar-refractivity contribution in [2.45, 2.75) is 23.9 Å². The van der Waals surface area contributed by atoms with Gasteiger partial charge in [-0.2, -0.15) is 13.2 Å². The zero-order valence-electron chi connectivity index (χ0n) is 11.5. The van der Waals surface area contributed by atoms with E-state index < -0.39 is 32.6 Å². The Morgan fingerprint density at radius 2 is 1.95 bits per heavy atom. The molecule has 0 fully saturated rings. The van der Waals surface area contributed by atoms with Gasteiger partial charge in [-0.05, 0) is 18.6 Å². The van der Waals surface area contributed by atoms with Gasteiger partial charge in [-0.3, -0.25) is 4.79 Å². The van der Waals surface area contributed by atoms with Gasteiger partial charge in [-0.1, -0.05) is 0 Å². The van der Waals surface area contributed by atoms with E-state index in [4.69, 9.17) is 5.11 Å². The molecule has 6 nitrogen and oxygen atoms in total. The Morgan fingerprint density at radius 1 is 1.32 bits per heavy atom. The monoisotopic (exact) mass is 341 g/mol. The van der Waals surface area contributed by atoms with E-state index in [1.54, 1.807) is 0 Å². The molecule has 10 heteroatoms. The molecule has 0 unspecified atom stereocenters. The molecule has 1 aromatic carbocycles. The molecule has 0 bridgehead atoms. The third-order valence-electron chi connectivity index (χ3n) is 2.61. The van der Waals surface area contributed by atoms with Gasteiger partial charge < -0.3 is 9.84 Å². The number of hydrogen-bond donors (Lipinski definition) is 2. The van der Waals surface area contributed by atoms with Gasteiger partial charge in [0.2, 0.25) is 10.0 Å². The van der Waals surface area contributed by atoms with Crippen LogP contribution >= 0.6 is 0 Å². The molecule has 1 aromatic rings. The quantitative estimate of drug-likeness (QED) is 0.739. The average molecular weight is 341 g/mol. The topological polar surface area (TPSA) is 92.7 Å². The molecule has 0 amide bonds. The molecule has 0 aliphatic rings. The van der Waals surface area contributed by atoms with Crippen molar-refractivity contribution in [3.05, 3.63) is 23.8 Å². The van der Waals surface area contributed by atoms with Crippen LogP contribution in [0.4, 0.5) is 13.2 Å². The van der Waals surface area contributed by atoms with Crippen LogP contribution < -0.4 is 9.46 Å². The molecule has 0 saturated carbocycles. The summed E-state index contributed by atoms with van der Waals surface area (Å²) < 4.78 is 68.8. The number of aliphatic carboxylic acids is 1. The minimum absolute atomic E-state index is 0.0185. The second-order valence-corrected chi connectivity index (χ2v) is 6.06. The first kappa shape index (κ1) is 18.2. The number of sulfonamides is 1. The molecule has 0 aliphatic carbocycles. The van der Waals surface area contributed by atoms with Gasteiger partial charge in [0.15, 0.2) is 0 Å². The van der Waals surface area contributed by atoms with Gasteiger partial charge in [0.1, 0.15) is 5.75 Å². The molecular formula is C12H14F3NO5S. The van der Waals surface area contributed by atoms with Crippen LogP contribution in [0.5, 0.6) is 5.75 Å². The van der Waals surface area contributed by atoms with E-state index in [9.17, 15) is 26.4 Å². The first-order valence-corrected chi connectivity index (χ1v) is 7.52. The molecule has 1 rings (SSSR count). The Bertz CT molecular complexity index is 643. The fraction of sp³-hybridized carbons (Fsp3) is 0.417. The third-order valence-corrected chi connectivity index (χ3v) is 4.05. The van der Waals surface area contributed by atoms with Crippen LogP contribution in [0, 0.1) is 0 Å². The Balaban J connectivity index is 3.00. The second kappa shape index (κ2) is 6.97. The lowest BCUT2D eigenvalue weighted by Crippen LogP contribution is -2.25. The van der Waals surface area contributed by atoms with Crippen LogP contribution in [0.15, 0.2) is 23.1 Å². The smallest absolute Gasteiger partial charge is 0.416 e. The first-order valence-electron chi connectivity index (χ1n) is 6.04. The molecule has 124 valence electrons. The molecule has 0 atom stereocenters. The van der Waals surface area contributed by atoms with Crippen molar-refractivity contribution in [2.24, 2.45) is 0 Å². The Hall–Kier alpha value is -1.81. The summed E-state index contributed by atoms with van der Waals surface area (Å²) in [5.41, 5.74) is -1.15. The van der Waals surface area contributed by atoms with Crippen LogP contribution in [0.1, 0.15) is 18.4 Å². The highest BCUT2D eigenvalue weighted by Gasteiger charge is 2.32. The van der Waals surface area contributed by atoms with Crippen LogP contribution in [0.3, 0.4) is 0 Å². The first-order chi connectivity index (χ1) is 10.1. The SMILES string of the molecule is COc1cc(C(F)(F)F)cc(S(=O)(=O)NCCCC(=O)O)c1. The molecule has 0 saturated heterocycles. The van der Waals surface area contributed by atoms with E-state index in [2.05, 4.69) is 4.74 Å². The zero-order valence-corrected chi connectivity index (χ0v) is 12.3. The van der Waals surface area contributed by atoms with Crippen molar-refractivity contribution in [1.29, 1.82) is 0 Å². The maximum Gasteiger partial charge on any atom is 0.416 e. The lowest BCUT2D eigenvalue weighted by molar-refractivity contribution is -0.138. The summed E-state index contributed by atoms with van der Waals surface area (Å²) in [6, 6.07) is 2.13. The number of alkyl halides is 3. The Kier molecular flexibility index (Phi) is 5.78. The Labute approximate surface area is 124 Å². The highest BCUT2D eigenvalue weighted by Crippen LogP contribution is 2.33. The summed E-state index contributed by atoms with van der Waals surface area (Å²) in [5.74, 6) is -1.35. The minimum Gasteiger partial charge on any atom is -0.497 e. The van der Waals surface area contributed by atoms with E-state index in [0.29, 0.717) is 12.1 Å². The summed E-state index contributed by atoms with van der Waals surface area (Å²) >= 11 is 0. The predicted octanol–water partition coefficient (Wildman–Crippen LogP) is 1.86. The number of carboxylic acids is 1. The van der Waals surface area contributed by atoms with Crippen molar-refractivity contribution in [1.82, 2.24) is 4.72 Å². The number of methoxy groups -OCH3 is 1. The van der Waals surface area contributed by atoms with E-state index in [1.165, 1.54) is 0 Å². The number of carboxylic acid groups (broad SMARTS) is 1. The number of nitrogens with one attached hydrogen (secondary N) is 1. The van der Waals surface area contributed by atoms with Crippen LogP contribution in [-0.2, 0) is 21.0 Å². The van der Waals surface area contributed by atoms with Crippen LogP contribution in [0.25, 0.3) is 0 Å². The number of halogens is 3. The summed E-state index contributed by atoms with van der Waals surface area (Å²) in [7, 11) is -3.08. The third kappa shape index (κ3) is 5.19. The normalized spacial score (nSPS) is 12.2. The van der Waals surface area contributed by atoms with Gasteiger partial charge in [-0.15, -0.1) is 0 Å². The van der Waals surface area contributed by atoms with E-state index in [-0.39, 0.29) is 25.1 Å². The van der Waals surface area contributed by atoms with E-state index in [0.717, 1.165) is 13.2 Å². The maximum atomic E-state index is 12.7. The van der Waals surface area contributed by atoms with Gasteiger partial charge in [0, 0.05) is 19.0 Å². The van der Waals surface area contributed by atoms with Gasteiger partial charge in [0.05, 0.1) is 17.6 Å². The van der Waals surface area contributed by atoms with E-state index >= 15 is 0 Å². The number of hydrogen-bond acceptors (Lipinski definition) is 4. The molecule has 0 radical (unpaired) electrons. The number of carbonyl (C=O) groups is 1. The summed E-state index contributed by atoms with van der Waals surface area (Å²) in [6.45, 7) is -0.201. The van der Waals surface area contributed by atoms with Crippen molar-refractivity contribution >= 4 is 16.0 Å². The number of rotatable bonds is 7. The van der Waals surface area contributed by atoms with Crippen molar-refractivity contribution < 1.29 is 36.2 Å². The van der Waals surface area contributed by atoms with Crippen molar-refractivity contribution in [3.8, 4) is 5.75 Å². The molecular weight excluding hydrogens is 327 g/mol. The molecule has 0 aliphatic heterocycles. The summed E-state index contributed by atoms with van der Waals surface area (Å²) in [4.78, 5) is 9.71. The van der Waals surface area contributed by atoms with Gasteiger partial charge in [0.25, 0.3) is 0 Å². The highest BCUT2D eigenvalue weighted by molar-refractivity contribution is 7.89. The fourth-order valence-corrected chi connectivity index (χ4v) is 2.67. The maximum absolute atomic E-state index is 12.7. The van der Waals surface area contributed by atoms with Crippen molar-refractivity contribution in [2.75, 3.05) is 13.7 Å². The van der Waals surface area contributed by atoms with E-state index in [1.807, 2.05) is 4.72 Å². The van der Waals surface area contributed by atoms with Crippen molar-refractivity contribution in [3.63, 3.8) is 0 Å². The lowest BCUT2D eigenvalue weighted by Gasteiger charge is -2.12. The summed E-state index contributed by atoms with van der Waals surface area (Å²) in [5, 5.41) is 8.44. The average Bonchev–Trinajstić information content (AvgIpc) is 2.42. The zero-order chi connectivity index (χ0) is 17.0. The van der Waals surface area contributed by atoms with Crippen LogP contribution in [-0.4, -0.2) is 33.1 Å². The van der Waals surface area contributed by atoms with Gasteiger partial charge in [-0.25, -0.2) is 13.1 Å². The molecule has 0 aromatic heterocycles. The lowest BCUT2D eigenvalue weighted by atomic mass is 10.2.